The van der Waals surface area contributed by atoms with Crippen LogP contribution in [0.3, 0.4) is 0 Å². The minimum atomic E-state index is -0.559. The molecule has 0 bridgehead atoms. The Labute approximate surface area is 138 Å². The topological polar surface area (TPSA) is 77.7 Å². The van der Waals surface area contributed by atoms with Gasteiger partial charge in [-0.3, -0.25) is 4.90 Å². The van der Waals surface area contributed by atoms with Gasteiger partial charge in [-0.05, 0) is 32.2 Å². The number of rotatable bonds is 2. The molecule has 1 unspecified atom stereocenters. The molecule has 3 rings (SSSR count). The summed E-state index contributed by atoms with van der Waals surface area (Å²) in [6, 6.07) is 3.39. The summed E-state index contributed by atoms with van der Waals surface area (Å²) in [4.78, 5) is 14.9. The maximum atomic E-state index is 12.4. The van der Waals surface area contributed by atoms with Crippen molar-refractivity contribution in [2.45, 2.75) is 32.4 Å². The van der Waals surface area contributed by atoms with Crippen LogP contribution in [0.5, 0.6) is 0 Å². The Morgan fingerprint density at radius 1 is 1.43 bits per heavy atom. The Hall–Kier alpha value is -1.93. The molecule has 8 heteroatoms. The Morgan fingerprint density at radius 3 is 2.96 bits per heavy atom. The zero-order chi connectivity index (χ0) is 16.4. The molecule has 0 saturated carbocycles. The van der Waals surface area contributed by atoms with E-state index in [-0.39, 0.29) is 0 Å². The van der Waals surface area contributed by atoms with Gasteiger partial charge in [-0.15, -0.1) is 21.5 Å². The van der Waals surface area contributed by atoms with Gasteiger partial charge in [0.05, 0.1) is 18.1 Å². The third-order valence-corrected chi connectivity index (χ3v) is 4.07. The van der Waals surface area contributed by atoms with Gasteiger partial charge in [-0.2, -0.15) is 0 Å². The largest absolute Gasteiger partial charge is 0.444 e. The molecule has 1 saturated heterocycles. The van der Waals surface area contributed by atoms with E-state index in [1.54, 1.807) is 4.90 Å². The number of ether oxygens (including phenoxy) is 2. The molecule has 3 heterocycles. The van der Waals surface area contributed by atoms with Crippen molar-refractivity contribution < 1.29 is 18.7 Å². The van der Waals surface area contributed by atoms with E-state index in [1.165, 1.54) is 11.3 Å². The minimum Gasteiger partial charge on any atom is -0.444 e. The van der Waals surface area contributed by atoms with Gasteiger partial charge in [0.2, 0.25) is 5.89 Å². The van der Waals surface area contributed by atoms with Crippen LogP contribution in [0, 0.1) is 0 Å². The quantitative estimate of drug-likeness (QED) is 0.838. The standard InChI is InChI=1S/C15H19N3O4S/c1-15(2,3)22-14(19)18-6-7-20-9-10(18)12-16-17-13(21-12)11-5-4-8-23-11/h4-5,8,10H,6-7,9H2,1-3H3. The molecule has 1 fully saturated rings. The highest BCUT2D eigenvalue weighted by molar-refractivity contribution is 7.13. The smallest absolute Gasteiger partial charge is 0.411 e. The van der Waals surface area contributed by atoms with E-state index >= 15 is 0 Å². The van der Waals surface area contributed by atoms with Crippen molar-refractivity contribution in [1.29, 1.82) is 0 Å². The number of amides is 1. The zero-order valence-corrected chi connectivity index (χ0v) is 14.1. The summed E-state index contributed by atoms with van der Waals surface area (Å²) in [5.74, 6) is 0.809. The number of carbonyl (C=O) groups is 1. The number of aromatic nitrogens is 2. The van der Waals surface area contributed by atoms with Crippen molar-refractivity contribution in [1.82, 2.24) is 15.1 Å². The Balaban J connectivity index is 1.80. The number of thiophene rings is 1. The van der Waals surface area contributed by atoms with E-state index in [0.29, 0.717) is 31.5 Å². The molecule has 124 valence electrons. The predicted octanol–water partition coefficient (Wildman–Crippen LogP) is 3.11. The van der Waals surface area contributed by atoms with E-state index in [9.17, 15) is 4.79 Å². The minimum absolute atomic E-state index is 0.311. The number of morpholine rings is 1. The number of carbonyl (C=O) groups excluding carboxylic acids is 1. The van der Waals surface area contributed by atoms with Crippen LogP contribution >= 0.6 is 11.3 Å². The maximum Gasteiger partial charge on any atom is 0.411 e. The Kier molecular flexibility index (Phi) is 4.36. The third-order valence-electron chi connectivity index (χ3n) is 3.21. The van der Waals surface area contributed by atoms with E-state index in [4.69, 9.17) is 13.9 Å². The Bertz CT molecular complexity index is 663. The molecule has 1 aliphatic rings. The van der Waals surface area contributed by atoms with Crippen molar-refractivity contribution in [3.05, 3.63) is 23.4 Å². The van der Waals surface area contributed by atoms with Gasteiger partial charge in [0.25, 0.3) is 5.89 Å². The maximum absolute atomic E-state index is 12.4. The van der Waals surface area contributed by atoms with Crippen LogP contribution in [0.25, 0.3) is 10.8 Å². The normalized spacial score (nSPS) is 18.9. The second kappa shape index (κ2) is 6.29. The van der Waals surface area contributed by atoms with Crippen LogP contribution < -0.4 is 0 Å². The van der Waals surface area contributed by atoms with Gasteiger partial charge in [0.15, 0.2) is 0 Å². The highest BCUT2D eigenvalue weighted by Crippen LogP contribution is 2.29. The summed E-state index contributed by atoms with van der Waals surface area (Å²) in [6.07, 6.45) is -0.401. The molecule has 1 aliphatic heterocycles. The van der Waals surface area contributed by atoms with Crippen molar-refractivity contribution in [3.63, 3.8) is 0 Å². The van der Waals surface area contributed by atoms with E-state index < -0.39 is 17.7 Å². The number of nitrogens with zero attached hydrogens (tertiary/aromatic N) is 3. The Morgan fingerprint density at radius 2 is 2.26 bits per heavy atom. The number of hydrogen-bond donors (Lipinski definition) is 0. The van der Waals surface area contributed by atoms with Crippen molar-refractivity contribution in [3.8, 4) is 10.8 Å². The fourth-order valence-corrected chi connectivity index (χ4v) is 2.86. The van der Waals surface area contributed by atoms with Crippen LogP contribution in [-0.2, 0) is 9.47 Å². The van der Waals surface area contributed by atoms with E-state index in [1.807, 2.05) is 38.3 Å². The first kappa shape index (κ1) is 15.9. The first-order valence-corrected chi connectivity index (χ1v) is 8.26. The predicted molar refractivity (Wildman–Crippen MR) is 84.1 cm³/mol. The van der Waals surface area contributed by atoms with Gasteiger partial charge in [0, 0.05) is 6.54 Å². The second-order valence-electron chi connectivity index (χ2n) is 6.19. The lowest BCUT2D eigenvalue weighted by molar-refractivity contribution is -0.0389. The van der Waals surface area contributed by atoms with Gasteiger partial charge in [-0.1, -0.05) is 6.07 Å². The SMILES string of the molecule is CC(C)(C)OC(=O)N1CCOCC1c1nnc(-c2cccs2)o1. The summed E-state index contributed by atoms with van der Waals surface area (Å²) in [5.41, 5.74) is -0.559. The van der Waals surface area contributed by atoms with Gasteiger partial charge in [0.1, 0.15) is 11.6 Å². The molecule has 1 atom stereocenters. The zero-order valence-electron chi connectivity index (χ0n) is 13.3. The van der Waals surface area contributed by atoms with Crippen LogP contribution in [-0.4, -0.2) is 46.6 Å². The lowest BCUT2D eigenvalue weighted by Crippen LogP contribution is -2.45. The molecule has 0 radical (unpaired) electrons. The fourth-order valence-electron chi connectivity index (χ4n) is 2.22. The summed E-state index contributed by atoms with van der Waals surface area (Å²) in [6.45, 7) is 6.70. The molecule has 0 N–H and O–H groups in total. The first-order chi connectivity index (χ1) is 10.9. The molecule has 1 amide bonds. The van der Waals surface area contributed by atoms with Crippen molar-refractivity contribution in [2.75, 3.05) is 19.8 Å². The van der Waals surface area contributed by atoms with Crippen LogP contribution in [0.2, 0.25) is 0 Å². The summed E-state index contributed by atoms with van der Waals surface area (Å²) in [7, 11) is 0. The lowest BCUT2D eigenvalue weighted by Gasteiger charge is -2.34. The number of hydrogen-bond acceptors (Lipinski definition) is 7. The molecule has 2 aromatic rings. The van der Waals surface area contributed by atoms with Crippen LogP contribution in [0.15, 0.2) is 21.9 Å². The van der Waals surface area contributed by atoms with E-state index in [2.05, 4.69) is 10.2 Å². The molecule has 7 nitrogen and oxygen atoms in total. The summed E-state index contributed by atoms with van der Waals surface area (Å²) >= 11 is 1.52. The van der Waals surface area contributed by atoms with Gasteiger partial charge in [-0.25, -0.2) is 4.79 Å². The monoisotopic (exact) mass is 337 g/mol. The van der Waals surface area contributed by atoms with E-state index in [0.717, 1.165) is 4.88 Å². The summed E-state index contributed by atoms with van der Waals surface area (Å²) < 4.78 is 16.7. The molecule has 0 aromatic carbocycles. The highest BCUT2D eigenvalue weighted by Gasteiger charge is 2.35. The highest BCUT2D eigenvalue weighted by atomic mass is 32.1. The molecule has 23 heavy (non-hydrogen) atoms. The van der Waals surface area contributed by atoms with Crippen molar-refractivity contribution >= 4 is 17.4 Å². The molecular weight excluding hydrogens is 318 g/mol. The molecular formula is C15H19N3O4S. The third kappa shape index (κ3) is 3.70. The van der Waals surface area contributed by atoms with Gasteiger partial charge < -0.3 is 13.9 Å². The van der Waals surface area contributed by atoms with Crippen LogP contribution in [0.4, 0.5) is 4.79 Å². The lowest BCUT2D eigenvalue weighted by atomic mass is 10.2. The van der Waals surface area contributed by atoms with Gasteiger partial charge >= 0.3 is 6.09 Å². The average molecular weight is 337 g/mol. The average Bonchev–Trinajstić information content (AvgIpc) is 3.16. The second-order valence-corrected chi connectivity index (χ2v) is 7.13. The molecule has 0 spiro atoms. The first-order valence-electron chi connectivity index (χ1n) is 7.39. The van der Waals surface area contributed by atoms with Crippen molar-refractivity contribution in [2.24, 2.45) is 0 Å². The molecule has 2 aromatic heterocycles. The fraction of sp³-hybridized carbons (Fsp3) is 0.533. The molecule has 0 aliphatic carbocycles. The van der Waals surface area contributed by atoms with Crippen LogP contribution in [0.1, 0.15) is 32.7 Å². The summed E-state index contributed by atoms with van der Waals surface area (Å²) in [5, 5.41) is 10.1.